The van der Waals surface area contributed by atoms with Gasteiger partial charge in [-0.25, -0.2) is 4.79 Å². The normalized spacial score (nSPS) is 31.5. The molecule has 1 aromatic carbocycles. The zero-order valence-corrected chi connectivity index (χ0v) is 15.1. The number of aliphatic hydroxyl groups is 1. The van der Waals surface area contributed by atoms with E-state index in [2.05, 4.69) is 17.2 Å². The smallest absolute Gasteiger partial charge is 0.409 e. The van der Waals surface area contributed by atoms with Crippen LogP contribution in [0.25, 0.3) is 0 Å². The number of aryl methyl sites for hydroxylation is 1. The van der Waals surface area contributed by atoms with Crippen LogP contribution in [-0.4, -0.2) is 54.5 Å². The maximum absolute atomic E-state index is 12.1. The Balaban J connectivity index is 1.96. The molecule has 2 fully saturated rings. The third kappa shape index (κ3) is 3.12. The van der Waals surface area contributed by atoms with E-state index in [9.17, 15) is 9.90 Å². The minimum atomic E-state index is -1.16. The number of carbonyl (C=O) groups is 1. The van der Waals surface area contributed by atoms with Crippen LogP contribution >= 0.6 is 0 Å². The van der Waals surface area contributed by atoms with Crippen molar-refractivity contribution in [3.8, 4) is 11.8 Å². The van der Waals surface area contributed by atoms with Gasteiger partial charge in [-0.3, -0.25) is 0 Å². The first-order valence-electron chi connectivity index (χ1n) is 8.77. The molecule has 0 bridgehead atoms. The summed E-state index contributed by atoms with van der Waals surface area (Å²) in [6, 6.07) is 7.82. The van der Waals surface area contributed by atoms with Crippen molar-refractivity contribution >= 4 is 6.09 Å². The highest BCUT2D eigenvalue weighted by Gasteiger charge is 2.58. The number of nitrogens with one attached hydrogen (secondary N) is 1. The van der Waals surface area contributed by atoms with Crippen molar-refractivity contribution in [3.05, 3.63) is 35.4 Å². The minimum Gasteiger partial charge on any atom is -0.453 e. The Morgan fingerprint density at radius 3 is 2.96 bits per heavy atom. The van der Waals surface area contributed by atoms with E-state index in [1.54, 1.807) is 4.90 Å². The van der Waals surface area contributed by atoms with Crippen LogP contribution in [0, 0.1) is 24.2 Å². The number of benzene rings is 1. The van der Waals surface area contributed by atoms with Gasteiger partial charge in [0.05, 0.1) is 13.2 Å². The SMILES string of the molecule is COC(=O)N1CC[C@@]2(C)[C@@H]1CNCC[C@@]2(O)C#Cc1cccc(C)c1. The van der Waals surface area contributed by atoms with E-state index < -0.39 is 11.0 Å². The number of likely N-dealkylation sites (tertiary alicyclic amines) is 1. The number of rotatable bonds is 0. The van der Waals surface area contributed by atoms with E-state index in [1.807, 2.05) is 38.1 Å². The van der Waals surface area contributed by atoms with Gasteiger partial charge in [0.25, 0.3) is 0 Å². The summed E-state index contributed by atoms with van der Waals surface area (Å²) in [7, 11) is 1.39. The van der Waals surface area contributed by atoms with E-state index in [0.29, 0.717) is 32.5 Å². The highest BCUT2D eigenvalue weighted by molar-refractivity contribution is 5.68. The first-order chi connectivity index (χ1) is 11.9. The number of methoxy groups -OCH3 is 1. The molecule has 5 nitrogen and oxygen atoms in total. The van der Waals surface area contributed by atoms with Crippen molar-refractivity contribution in [2.45, 2.75) is 38.3 Å². The van der Waals surface area contributed by atoms with Gasteiger partial charge in [-0.15, -0.1) is 0 Å². The molecular weight excluding hydrogens is 316 g/mol. The zero-order chi connectivity index (χ0) is 18.1. The molecule has 134 valence electrons. The molecular formula is C20H26N2O3. The summed E-state index contributed by atoms with van der Waals surface area (Å²) >= 11 is 0. The second-order valence-corrected chi connectivity index (χ2v) is 7.28. The molecule has 1 aromatic rings. The summed E-state index contributed by atoms with van der Waals surface area (Å²) < 4.78 is 4.92. The quantitative estimate of drug-likeness (QED) is 0.707. The van der Waals surface area contributed by atoms with E-state index in [-0.39, 0.29) is 12.1 Å². The monoisotopic (exact) mass is 342 g/mol. The largest absolute Gasteiger partial charge is 0.453 e. The van der Waals surface area contributed by atoms with Crippen molar-refractivity contribution in [2.24, 2.45) is 5.41 Å². The maximum atomic E-state index is 12.1. The Morgan fingerprint density at radius 1 is 1.44 bits per heavy atom. The molecule has 0 unspecified atom stereocenters. The average Bonchev–Trinajstić information content (AvgIpc) is 2.88. The molecule has 1 amide bonds. The van der Waals surface area contributed by atoms with Gasteiger partial charge in [0.1, 0.15) is 5.60 Å². The molecule has 0 spiro atoms. The predicted molar refractivity (Wildman–Crippen MR) is 96.1 cm³/mol. The molecule has 3 atom stereocenters. The van der Waals surface area contributed by atoms with Crippen LogP contribution in [0.3, 0.4) is 0 Å². The number of fused-ring (bicyclic) bond motifs is 1. The molecule has 3 rings (SSSR count). The summed E-state index contributed by atoms with van der Waals surface area (Å²) in [5.74, 6) is 6.31. The van der Waals surface area contributed by atoms with E-state index in [0.717, 1.165) is 11.1 Å². The number of hydrogen-bond donors (Lipinski definition) is 2. The highest BCUT2D eigenvalue weighted by Crippen LogP contribution is 2.47. The van der Waals surface area contributed by atoms with E-state index >= 15 is 0 Å². The van der Waals surface area contributed by atoms with Crippen LogP contribution < -0.4 is 5.32 Å². The number of amides is 1. The van der Waals surface area contributed by atoms with Gasteiger partial charge in [-0.05, 0) is 37.6 Å². The zero-order valence-electron chi connectivity index (χ0n) is 15.1. The molecule has 2 saturated heterocycles. The predicted octanol–water partition coefficient (Wildman–Crippen LogP) is 1.92. The molecule has 2 aliphatic rings. The number of nitrogens with zero attached hydrogens (tertiary/aromatic N) is 1. The Hall–Kier alpha value is -2.03. The van der Waals surface area contributed by atoms with Gasteiger partial charge >= 0.3 is 6.09 Å². The molecule has 2 N–H and O–H groups in total. The van der Waals surface area contributed by atoms with Crippen molar-refractivity contribution in [1.82, 2.24) is 10.2 Å². The van der Waals surface area contributed by atoms with Crippen molar-refractivity contribution in [1.29, 1.82) is 0 Å². The van der Waals surface area contributed by atoms with Crippen LogP contribution in [0.2, 0.25) is 0 Å². The molecule has 2 aliphatic heterocycles. The molecule has 5 heteroatoms. The fourth-order valence-electron chi connectivity index (χ4n) is 4.07. The van der Waals surface area contributed by atoms with Crippen LogP contribution in [-0.2, 0) is 4.74 Å². The fraction of sp³-hybridized carbons (Fsp3) is 0.550. The lowest BCUT2D eigenvalue weighted by atomic mass is 9.67. The molecule has 0 aromatic heterocycles. The number of hydrogen-bond acceptors (Lipinski definition) is 4. The molecule has 0 saturated carbocycles. The Morgan fingerprint density at radius 2 is 2.24 bits per heavy atom. The average molecular weight is 342 g/mol. The number of ether oxygens (including phenoxy) is 1. The number of carbonyl (C=O) groups excluding carboxylic acids is 1. The summed E-state index contributed by atoms with van der Waals surface area (Å²) in [6.45, 7) is 5.95. The van der Waals surface area contributed by atoms with Gasteiger partial charge in [-0.2, -0.15) is 0 Å². The third-order valence-corrected chi connectivity index (χ3v) is 5.77. The van der Waals surface area contributed by atoms with Crippen molar-refractivity contribution in [2.75, 3.05) is 26.7 Å². The minimum absolute atomic E-state index is 0.140. The highest BCUT2D eigenvalue weighted by atomic mass is 16.5. The topological polar surface area (TPSA) is 61.8 Å². The van der Waals surface area contributed by atoms with Gasteiger partial charge in [0, 0.05) is 30.5 Å². The summed E-state index contributed by atoms with van der Waals surface area (Å²) in [4.78, 5) is 13.8. The first kappa shape index (κ1) is 17.8. The lowest BCUT2D eigenvalue weighted by Gasteiger charge is -2.42. The van der Waals surface area contributed by atoms with Crippen LogP contribution in [0.4, 0.5) is 4.79 Å². The van der Waals surface area contributed by atoms with Crippen LogP contribution in [0.15, 0.2) is 24.3 Å². The second-order valence-electron chi connectivity index (χ2n) is 7.28. The molecule has 2 heterocycles. The molecule has 25 heavy (non-hydrogen) atoms. The fourth-order valence-corrected chi connectivity index (χ4v) is 4.07. The first-order valence-corrected chi connectivity index (χ1v) is 8.77. The van der Waals surface area contributed by atoms with Crippen LogP contribution in [0.1, 0.15) is 30.9 Å². The Kier molecular flexibility index (Phi) is 4.77. The summed E-state index contributed by atoms with van der Waals surface area (Å²) in [5, 5.41) is 14.8. The van der Waals surface area contributed by atoms with Crippen molar-refractivity contribution < 1.29 is 14.6 Å². The van der Waals surface area contributed by atoms with Crippen LogP contribution in [0.5, 0.6) is 0 Å². The lowest BCUT2D eigenvalue weighted by molar-refractivity contribution is -0.0397. The summed E-state index contributed by atoms with van der Waals surface area (Å²) in [5.41, 5.74) is 0.381. The molecule has 0 aliphatic carbocycles. The third-order valence-electron chi connectivity index (χ3n) is 5.77. The second kappa shape index (κ2) is 6.70. The van der Waals surface area contributed by atoms with Gasteiger partial charge < -0.3 is 20.1 Å². The van der Waals surface area contributed by atoms with Gasteiger partial charge in [-0.1, -0.05) is 30.9 Å². The standard InChI is InChI=1S/C20H26N2O3/c1-15-5-4-6-16(13-15)7-8-20(24)9-11-21-14-17-19(20,2)10-12-22(17)18(23)25-3/h4-6,13,17,21,24H,9-12,14H2,1-3H3/t17-,19-,20-/m0/s1. The van der Waals surface area contributed by atoms with E-state index in [1.165, 1.54) is 7.11 Å². The molecule has 0 radical (unpaired) electrons. The Labute approximate surface area is 149 Å². The summed E-state index contributed by atoms with van der Waals surface area (Å²) in [6.07, 6.45) is 0.896. The van der Waals surface area contributed by atoms with E-state index in [4.69, 9.17) is 4.74 Å². The van der Waals surface area contributed by atoms with Gasteiger partial charge in [0.2, 0.25) is 0 Å². The van der Waals surface area contributed by atoms with Crippen molar-refractivity contribution in [3.63, 3.8) is 0 Å². The van der Waals surface area contributed by atoms with Gasteiger partial charge in [0.15, 0.2) is 0 Å². The maximum Gasteiger partial charge on any atom is 0.409 e. The Bertz CT molecular complexity index is 723. The lowest BCUT2D eigenvalue weighted by Crippen LogP contribution is -2.54.